The van der Waals surface area contributed by atoms with Crippen LogP contribution in [0.2, 0.25) is 0 Å². The van der Waals surface area contributed by atoms with Gasteiger partial charge in [0, 0.05) is 12.3 Å². The second kappa shape index (κ2) is 5.72. The van der Waals surface area contributed by atoms with Gasteiger partial charge in [0.25, 0.3) is 11.8 Å². The molecule has 0 aromatic heterocycles. The maximum absolute atomic E-state index is 12.8. The second-order valence-electron chi connectivity index (χ2n) is 7.64. The minimum atomic E-state index is -0.599. The average molecular weight is 328 g/mol. The first-order valence-corrected chi connectivity index (χ1v) is 8.49. The van der Waals surface area contributed by atoms with Gasteiger partial charge in [-0.1, -0.05) is 51.1 Å². The van der Waals surface area contributed by atoms with Gasteiger partial charge in [0.2, 0.25) is 5.91 Å². The molecule has 2 fully saturated rings. The van der Waals surface area contributed by atoms with E-state index < -0.39 is 5.41 Å². The third kappa shape index (κ3) is 2.43. The molecule has 0 spiro atoms. The van der Waals surface area contributed by atoms with Crippen molar-refractivity contribution in [1.29, 1.82) is 0 Å². The van der Waals surface area contributed by atoms with Gasteiger partial charge in [0.1, 0.15) is 0 Å². The van der Waals surface area contributed by atoms with Crippen LogP contribution >= 0.6 is 0 Å². The Hall–Kier alpha value is -2.17. The van der Waals surface area contributed by atoms with Crippen molar-refractivity contribution in [2.24, 2.45) is 16.7 Å². The van der Waals surface area contributed by atoms with Crippen molar-refractivity contribution in [3.63, 3.8) is 0 Å². The zero-order valence-corrected chi connectivity index (χ0v) is 14.5. The van der Waals surface area contributed by atoms with E-state index in [0.717, 1.165) is 10.6 Å². The number of nitrogens with one attached hydrogen (secondary N) is 1. The molecular formula is C19H24N2O3. The van der Waals surface area contributed by atoms with E-state index in [9.17, 15) is 14.4 Å². The number of hydrogen-bond donors (Lipinski definition) is 1. The van der Waals surface area contributed by atoms with Crippen LogP contribution in [0.25, 0.3) is 0 Å². The first-order chi connectivity index (χ1) is 11.3. The minimum Gasteiger partial charge on any atom is -0.273 e. The van der Waals surface area contributed by atoms with Crippen LogP contribution in [0.15, 0.2) is 30.3 Å². The third-order valence-electron chi connectivity index (χ3n) is 6.14. The van der Waals surface area contributed by atoms with Crippen molar-refractivity contribution in [2.45, 2.75) is 46.5 Å². The summed E-state index contributed by atoms with van der Waals surface area (Å²) in [5.41, 5.74) is 2.63. The van der Waals surface area contributed by atoms with Crippen LogP contribution in [0, 0.1) is 16.7 Å². The van der Waals surface area contributed by atoms with Crippen molar-refractivity contribution in [1.82, 2.24) is 10.4 Å². The molecular weight excluding hydrogens is 304 g/mol. The largest absolute Gasteiger partial charge is 0.273 e. The topological polar surface area (TPSA) is 66.5 Å². The molecule has 5 heteroatoms. The summed E-state index contributed by atoms with van der Waals surface area (Å²) in [5, 5.41) is 0.982. The Morgan fingerprint density at radius 3 is 2.54 bits per heavy atom. The van der Waals surface area contributed by atoms with E-state index in [1.54, 1.807) is 0 Å². The molecule has 5 nitrogen and oxygen atoms in total. The van der Waals surface area contributed by atoms with E-state index in [-0.39, 0.29) is 35.5 Å². The summed E-state index contributed by atoms with van der Waals surface area (Å²) < 4.78 is 0. The van der Waals surface area contributed by atoms with Gasteiger partial charge in [-0.15, -0.1) is 0 Å². The maximum Gasteiger partial charge on any atom is 0.254 e. The van der Waals surface area contributed by atoms with Gasteiger partial charge >= 0.3 is 0 Å². The van der Waals surface area contributed by atoms with Crippen LogP contribution in [0.4, 0.5) is 0 Å². The van der Waals surface area contributed by atoms with Gasteiger partial charge in [-0.25, -0.2) is 0 Å². The SMILES string of the molecule is CC12CCC(C(=O)N(NC(=O)CCc3ccccc3)C1=O)C2(C)C. The second-order valence-corrected chi connectivity index (χ2v) is 7.64. The highest BCUT2D eigenvalue weighted by molar-refractivity contribution is 6.04. The van der Waals surface area contributed by atoms with E-state index >= 15 is 0 Å². The van der Waals surface area contributed by atoms with Gasteiger partial charge in [0.05, 0.1) is 5.41 Å². The van der Waals surface area contributed by atoms with Gasteiger partial charge < -0.3 is 0 Å². The number of imide groups is 1. The monoisotopic (exact) mass is 328 g/mol. The molecule has 2 aliphatic rings. The number of piperidine rings is 1. The predicted molar refractivity (Wildman–Crippen MR) is 89.4 cm³/mol. The van der Waals surface area contributed by atoms with Crippen molar-refractivity contribution in [2.75, 3.05) is 0 Å². The van der Waals surface area contributed by atoms with Crippen molar-refractivity contribution >= 4 is 17.7 Å². The molecule has 1 N–H and O–H groups in total. The van der Waals surface area contributed by atoms with E-state index in [2.05, 4.69) is 5.43 Å². The average Bonchev–Trinajstić information content (AvgIpc) is 2.75. The lowest BCUT2D eigenvalue weighted by molar-refractivity contribution is -0.174. The van der Waals surface area contributed by atoms with Crippen LogP contribution in [0.1, 0.15) is 45.6 Å². The zero-order chi connectivity index (χ0) is 17.5. The molecule has 1 aromatic rings. The highest BCUT2D eigenvalue weighted by atomic mass is 16.2. The normalized spacial score (nSPS) is 28.1. The number of fused-ring (bicyclic) bond motifs is 2. The number of rotatable bonds is 4. The molecule has 24 heavy (non-hydrogen) atoms. The first-order valence-electron chi connectivity index (χ1n) is 8.49. The lowest BCUT2D eigenvalue weighted by Crippen LogP contribution is -2.64. The fraction of sp³-hybridized carbons (Fsp3) is 0.526. The van der Waals surface area contributed by atoms with Crippen LogP contribution in [0.3, 0.4) is 0 Å². The molecule has 0 radical (unpaired) electrons. The Morgan fingerprint density at radius 2 is 1.88 bits per heavy atom. The number of carbonyl (C=O) groups is 3. The van der Waals surface area contributed by atoms with Crippen LogP contribution in [-0.2, 0) is 20.8 Å². The number of nitrogens with zero attached hydrogens (tertiary/aromatic N) is 1. The number of aryl methyl sites for hydroxylation is 1. The van der Waals surface area contributed by atoms with Crippen LogP contribution in [0.5, 0.6) is 0 Å². The number of carbonyl (C=O) groups excluding carboxylic acids is 3. The zero-order valence-electron chi connectivity index (χ0n) is 14.5. The summed E-state index contributed by atoms with van der Waals surface area (Å²) in [6.07, 6.45) is 2.21. The smallest absolute Gasteiger partial charge is 0.254 e. The lowest BCUT2D eigenvalue weighted by atomic mass is 9.63. The summed E-state index contributed by atoms with van der Waals surface area (Å²) >= 11 is 0. The summed E-state index contributed by atoms with van der Waals surface area (Å²) in [5.74, 6) is -1.06. The summed E-state index contributed by atoms with van der Waals surface area (Å²) in [4.78, 5) is 37.7. The molecule has 2 atom stereocenters. The molecule has 2 unspecified atom stereocenters. The molecule has 128 valence electrons. The van der Waals surface area contributed by atoms with Crippen LogP contribution in [-0.4, -0.2) is 22.7 Å². The molecule has 2 bridgehead atoms. The van der Waals surface area contributed by atoms with E-state index in [1.807, 2.05) is 51.1 Å². The summed E-state index contributed by atoms with van der Waals surface area (Å²) in [6.45, 7) is 5.87. The molecule has 1 aromatic carbocycles. The quantitative estimate of drug-likeness (QED) is 0.864. The van der Waals surface area contributed by atoms with Gasteiger partial charge in [-0.3, -0.25) is 19.8 Å². The molecule has 3 amide bonds. The van der Waals surface area contributed by atoms with Gasteiger partial charge in [0.15, 0.2) is 0 Å². The summed E-state index contributed by atoms with van der Waals surface area (Å²) in [7, 11) is 0. The minimum absolute atomic E-state index is 0.213. The molecule has 1 saturated heterocycles. The Kier molecular flexibility index (Phi) is 3.98. The molecule has 1 saturated carbocycles. The molecule has 1 aliphatic carbocycles. The van der Waals surface area contributed by atoms with E-state index in [1.165, 1.54) is 0 Å². The Labute approximate surface area is 142 Å². The lowest BCUT2D eigenvalue weighted by Gasteiger charge is -2.47. The Bertz CT molecular complexity index is 683. The Morgan fingerprint density at radius 1 is 1.21 bits per heavy atom. The highest BCUT2D eigenvalue weighted by Gasteiger charge is 2.64. The molecule has 1 heterocycles. The van der Waals surface area contributed by atoms with Crippen molar-refractivity contribution < 1.29 is 14.4 Å². The van der Waals surface area contributed by atoms with Crippen molar-refractivity contribution in [3.8, 4) is 0 Å². The van der Waals surface area contributed by atoms with Crippen LogP contribution < -0.4 is 5.43 Å². The first kappa shape index (κ1) is 16.7. The predicted octanol–water partition coefficient (Wildman–Crippen LogP) is 2.46. The fourth-order valence-electron chi connectivity index (χ4n) is 4.01. The standard InChI is InChI=1S/C19H24N2O3/c1-18(2)14-11-12-19(18,3)17(24)21(16(14)23)20-15(22)10-9-13-7-5-4-6-8-13/h4-8,14H,9-12H2,1-3H3,(H,20,22). The number of benzene rings is 1. The highest BCUT2D eigenvalue weighted by Crippen LogP contribution is 2.59. The number of hydrazine groups is 1. The van der Waals surface area contributed by atoms with Gasteiger partial charge in [-0.2, -0.15) is 5.01 Å². The molecule has 3 rings (SSSR count). The number of hydrogen-bond acceptors (Lipinski definition) is 3. The Balaban J connectivity index is 1.68. The van der Waals surface area contributed by atoms with E-state index in [0.29, 0.717) is 19.3 Å². The maximum atomic E-state index is 12.8. The van der Waals surface area contributed by atoms with Crippen molar-refractivity contribution in [3.05, 3.63) is 35.9 Å². The third-order valence-corrected chi connectivity index (χ3v) is 6.14. The van der Waals surface area contributed by atoms with Gasteiger partial charge in [-0.05, 0) is 30.2 Å². The number of amides is 3. The summed E-state index contributed by atoms with van der Waals surface area (Å²) in [6, 6.07) is 9.67. The van der Waals surface area contributed by atoms with E-state index in [4.69, 9.17) is 0 Å². The fourth-order valence-corrected chi connectivity index (χ4v) is 4.01. The molecule has 1 aliphatic heterocycles.